The first kappa shape index (κ1) is 18.3. The molecule has 0 amide bonds. The number of nitrogens with one attached hydrogen (secondary N) is 1. The topological polar surface area (TPSA) is 55.6 Å². The minimum absolute atomic E-state index is 0. The molecule has 0 aliphatic carbocycles. The van der Waals surface area contributed by atoms with Crippen LogP contribution in [0, 0.1) is 5.82 Å². The molecule has 0 radical (unpaired) electrons. The van der Waals surface area contributed by atoms with Gasteiger partial charge in [0.05, 0.1) is 21.6 Å². The van der Waals surface area contributed by atoms with Gasteiger partial charge >= 0.3 is 0 Å². The van der Waals surface area contributed by atoms with Gasteiger partial charge in [0.1, 0.15) is 16.6 Å². The molecule has 27 heavy (non-hydrogen) atoms. The maximum Gasteiger partial charge on any atom is 0.150 e. The van der Waals surface area contributed by atoms with Gasteiger partial charge in [-0.05, 0) is 50.2 Å². The standard InChI is InChI=1S/C19H18FN5S.ClH/c1-25-10-16-15(24-25)3-2-14(22-16)12-8-13(20)18-17(9-12)26-19(23-18)11-4-6-21-7-5-11;/h2-3,8-11,21H,4-7H2,1H3;1H. The van der Waals surface area contributed by atoms with Crippen LogP contribution in [-0.4, -0.2) is 32.8 Å². The number of piperidine rings is 1. The molecular formula is C19H19ClFN5S. The summed E-state index contributed by atoms with van der Waals surface area (Å²) in [5.41, 5.74) is 3.66. The zero-order valence-electron chi connectivity index (χ0n) is 14.8. The predicted molar refractivity (Wildman–Crippen MR) is 109 cm³/mol. The second-order valence-electron chi connectivity index (χ2n) is 6.78. The molecule has 5 nitrogen and oxygen atoms in total. The van der Waals surface area contributed by atoms with Crippen molar-refractivity contribution in [3.8, 4) is 11.3 Å². The lowest BCUT2D eigenvalue weighted by atomic mass is 9.99. The number of rotatable bonds is 2. The van der Waals surface area contributed by atoms with E-state index in [9.17, 15) is 4.39 Å². The Labute approximate surface area is 166 Å². The monoisotopic (exact) mass is 403 g/mol. The van der Waals surface area contributed by atoms with Crippen LogP contribution in [0.1, 0.15) is 23.8 Å². The van der Waals surface area contributed by atoms with Gasteiger partial charge in [0.2, 0.25) is 0 Å². The van der Waals surface area contributed by atoms with Gasteiger partial charge in [-0.3, -0.25) is 4.68 Å². The summed E-state index contributed by atoms with van der Waals surface area (Å²) < 4.78 is 17.3. The number of aromatic nitrogens is 4. The van der Waals surface area contributed by atoms with Crippen molar-refractivity contribution in [3.05, 3.63) is 41.3 Å². The van der Waals surface area contributed by atoms with Crippen LogP contribution >= 0.6 is 23.7 Å². The second kappa shape index (κ2) is 7.14. The smallest absolute Gasteiger partial charge is 0.150 e. The molecule has 0 atom stereocenters. The minimum Gasteiger partial charge on any atom is -0.317 e. The molecule has 4 heterocycles. The molecule has 8 heteroatoms. The third kappa shape index (κ3) is 3.31. The molecule has 0 unspecified atom stereocenters. The lowest BCUT2D eigenvalue weighted by Gasteiger charge is -2.20. The number of nitrogens with zero attached hydrogens (tertiary/aromatic N) is 4. The van der Waals surface area contributed by atoms with Gasteiger partial charge < -0.3 is 5.32 Å². The van der Waals surface area contributed by atoms with E-state index in [0.29, 0.717) is 11.4 Å². The number of thiazole rings is 1. The van der Waals surface area contributed by atoms with E-state index in [4.69, 9.17) is 0 Å². The molecule has 0 spiro atoms. The zero-order valence-corrected chi connectivity index (χ0v) is 16.4. The fourth-order valence-corrected chi connectivity index (χ4v) is 4.77. The maximum atomic E-state index is 14.7. The molecule has 0 saturated carbocycles. The van der Waals surface area contributed by atoms with E-state index in [1.807, 2.05) is 31.4 Å². The summed E-state index contributed by atoms with van der Waals surface area (Å²) in [6.07, 6.45) is 4.00. The lowest BCUT2D eigenvalue weighted by Crippen LogP contribution is -2.26. The molecular weight excluding hydrogens is 385 g/mol. The molecule has 3 aromatic heterocycles. The molecule has 1 saturated heterocycles. The summed E-state index contributed by atoms with van der Waals surface area (Å²) in [5.74, 6) is 0.156. The largest absolute Gasteiger partial charge is 0.317 e. The summed E-state index contributed by atoms with van der Waals surface area (Å²) in [7, 11) is 1.87. The van der Waals surface area contributed by atoms with Gasteiger partial charge in [0.15, 0.2) is 5.82 Å². The predicted octanol–water partition coefficient (Wildman–Crippen LogP) is 4.27. The summed E-state index contributed by atoms with van der Waals surface area (Å²) in [4.78, 5) is 9.24. The van der Waals surface area contributed by atoms with Crippen molar-refractivity contribution in [3.63, 3.8) is 0 Å². The molecule has 140 valence electrons. The highest BCUT2D eigenvalue weighted by molar-refractivity contribution is 7.18. The Kier molecular flexibility index (Phi) is 4.84. The molecule has 1 fully saturated rings. The molecule has 1 aliphatic heterocycles. The molecule has 1 aromatic carbocycles. The van der Waals surface area contributed by atoms with Crippen LogP contribution in [0.5, 0.6) is 0 Å². The average Bonchev–Trinajstić information content (AvgIpc) is 3.24. The number of hydrogen-bond acceptors (Lipinski definition) is 5. The number of fused-ring (bicyclic) bond motifs is 2. The molecule has 0 bridgehead atoms. The summed E-state index contributed by atoms with van der Waals surface area (Å²) in [6.45, 7) is 2.01. The lowest BCUT2D eigenvalue weighted by molar-refractivity contribution is 0.459. The van der Waals surface area contributed by atoms with Gasteiger partial charge in [0.25, 0.3) is 0 Å². The fourth-order valence-electron chi connectivity index (χ4n) is 3.58. The van der Waals surface area contributed by atoms with Gasteiger partial charge in [0, 0.05) is 18.5 Å². The average molecular weight is 404 g/mol. The number of benzene rings is 1. The van der Waals surface area contributed by atoms with Crippen molar-refractivity contribution in [2.75, 3.05) is 13.1 Å². The van der Waals surface area contributed by atoms with Crippen molar-refractivity contribution in [1.29, 1.82) is 0 Å². The Balaban J connectivity index is 0.00000180. The molecule has 5 rings (SSSR count). The van der Waals surface area contributed by atoms with E-state index in [1.165, 1.54) is 0 Å². The van der Waals surface area contributed by atoms with E-state index in [-0.39, 0.29) is 18.2 Å². The highest BCUT2D eigenvalue weighted by atomic mass is 35.5. The van der Waals surface area contributed by atoms with Crippen LogP contribution in [0.4, 0.5) is 4.39 Å². The third-order valence-electron chi connectivity index (χ3n) is 4.93. The third-order valence-corrected chi connectivity index (χ3v) is 6.09. The van der Waals surface area contributed by atoms with Gasteiger partial charge in [-0.1, -0.05) is 0 Å². The summed E-state index contributed by atoms with van der Waals surface area (Å²) >= 11 is 1.61. The van der Waals surface area contributed by atoms with Gasteiger partial charge in [-0.15, -0.1) is 23.7 Å². The second-order valence-corrected chi connectivity index (χ2v) is 7.85. The first-order valence-corrected chi connectivity index (χ1v) is 9.60. The van der Waals surface area contributed by atoms with Crippen molar-refractivity contribution in [2.45, 2.75) is 18.8 Å². The highest BCUT2D eigenvalue weighted by Gasteiger charge is 2.20. The Morgan fingerprint density at radius 3 is 2.78 bits per heavy atom. The first-order valence-electron chi connectivity index (χ1n) is 8.79. The van der Waals surface area contributed by atoms with Crippen LogP contribution in [0.25, 0.3) is 32.5 Å². The van der Waals surface area contributed by atoms with Crippen LogP contribution in [-0.2, 0) is 7.05 Å². The van der Waals surface area contributed by atoms with E-state index in [1.54, 1.807) is 22.1 Å². The normalized spacial score (nSPS) is 15.3. The SMILES string of the molecule is Cl.Cn1cc2nc(-c3cc(F)c4nc(C5CCNCC5)sc4c3)ccc2n1. The van der Waals surface area contributed by atoms with Crippen molar-refractivity contribution < 1.29 is 4.39 Å². The molecule has 1 aliphatic rings. The zero-order chi connectivity index (χ0) is 17.7. The quantitative estimate of drug-likeness (QED) is 0.543. The van der Waals surface area contributed by atoms with Gasteiger partial charge in [-0.25, -0.2) is 14.4 Å². The van der Waals surface area contributed by atoms with Crippen molar-refractivity contribution >= 4 is 45.0 Å². The van der Waals surface area contributed by atoms with Crippen LogP contribution in [0.15, 0.2) is 30.5 Å². The Bertz CT molecular complexity index is 1120. The minimum atomic E-state index is -0.276. The maximum absolute atomic E-state index is 14.7. The summed E-state index contributed by atoms with van der Waals surface area (Å²) in [6, 6.07) is 7.36. The number of hydrogen-bond donors (Lipinski definition) is 1. The number of halogens is 2. The van der Waals surface area contributed by atoms with E-state index >= 15 is 0 Å². The van der Waals surface area contributed by atoms with Crippen LogP contribution in [0.2, 0.25) is 0 Å². The van der Waals surface area contributed by atoms with E-state index < -0.39 is 0 Å². The number of pyridine rings is 1. The Morgan fingerprint density at radius 2 is 1.96 bits per heavy atom. The van der Waals surface area contributed by atoms with Crippen molar-refractivity contribution in [1.82, 2.24) is 25.1 Å². The van der Waals surface area contributed by atoms with E-state index in [0.717, 1.165) is 57.9 Å². The van der Waals surface area contributed by atoms with Gasteiger partial charge in [-0.2, -0.15) is 5.10 Å². The Hall–Kier alpha value is -2.09. The highest BCUT2D eigenvalue weighted by Crippen LogP contribution is 2.35. The van der Waals surface area contributed by atoms with Crippen LogP contribution in [0.3, 0.4) is 0 Å². The molecule has 4 aromatic rings. The fraction of sp³-hybridized carbons (Fsp3) is 0.316. The number of aryl methyl sites for hydroxylation is 1. The molecule has 1 N–H and O–H groups in total. The van der Waals surface area contributed by atoms with Crippen molar-refractivity contribution in [2.24, 2.45) is 7.05 Å². The Morgan fingerprint density at radius 1 is 1.15 bits per heavy atom. The van der Waals surface area contributed by atoms with Crippen LogP contribution < -0.4 is 5.32 Å². The summed E-state index contributed by atoms with van der Waals surface area (Å²) in [5, 5.41) is 8.75. The first-order chi connectivity index (χ1) is 12.7. The van der Waals surface area contributed by atoms with E-state index in [2.05, 4.69) is 20.4 Å².